The summed E-state index contributed by atoms with van der Waals surface area (Å²) >= 11 is 0. The molecule has 4 nitrogen and oxygen atoms in total. The molecule has 119 valence electrons. The Bertz CT molecular complexity index is 685. The molecule has 0 aliphatic carbocycles. The van der Waals surface area contributed by atoms with Gasteiger partial charge >= 0.3 is 19.5 Å². The Kier molecular flexibility index (Phi) is 9.79. The Morgan fingerprint density at radius 2 is 1.26 bits per heavy atom. The molecule has 1 aromatic carbocycles. The zero-order valence-electron chi connectivity index (χ0n) is 12.4. The van der Waals surface area contributed by atoms with Gasteiger partial charge in [-0.1, -0.05) is 36.4 Å². The molecule has 1 radical (unpaired) electrons. The van der Waals surface area contributed by atoms with Gasteiger partial charge in [-0.3, -0.25) is 4.98 Å². The molecule has 2 aromatic heterocycles. The van der Waals surface area contributed by atoms with Crippen LogP contribution in [0.4, 0.5) is 0 Å². The van der Waals surface area contributed by atoms with E-state index in [0.717, 1.165) is 5.69 Å². The van der Waals surface area contributed by atoms with Crippen LogP contribution in [0.25, 0.3) is 11.4 Å². The first-order valence-electron chi connectivity index (χ1n) is 6.49. The van der Waals surface area contributed by atoms with E-state index in [1.54, 1.807) is 18.3 Å². The molecule has 0 aliphatic heterocycles. The summed E-state index contributed by atoms with van der Waals surface area (Å²) in [4.78, 5) is 8.11. The second kappa shape index (κ2) is 10.7. The van der Waals surface area contributed by atoms with Crippen LogP contribution in [-0.4, -0.2) is 20.2 Å². The van der Waals surface area contributed by atoms with Crippen molar-refractivity contribution >= 4 is 12.4 Å². The maximum atomic E-state index is 9.60. The number of aryl methyl sites for hydroxylation is 1. The van der Waals surface area contributed by atoms with Gasteiger partial charge in [-0.25, -0.2) is 4.98 Å². The number of aromatic nitrogens is 2. The molecule has 0 atom stereocenters. The molecule has 0 spiro atoms. The van der Waals surface area contributed by atoms with Crippen molar-refractivity contribution in [2.75, 3.05) is 0 Å². The van der Waals surface area contributed by atoms with E-state index in [9.17, 15) is 10.2 Å². The molecule has 0 fully saturated rings. The summed E-state index contributed by atoms with van der Waals surface area (Å²) in [6.45, 7) is 1.81. The summed E-state index contributed by atoms with van der Waals surface area (Å²) in [6, 6.07) is 18.3. The smallest absolute Gasteiger partial charge is 0.506 e. The van der Waals surface area contributed by atoms with Gasteiger partial charge in [0.15, 0.2) is 0 Å². The molecule has 0 bridgehead atoms. The van der Waals surface area contributed by atoms with Crippen molar-refractivity contribution in [3.8, 4) is 22.9 Å². The number of aromatic hydroxyl groups is 2. The molecule has 3 aromatic rings. The Hall–Kier alpha value is -1.97. The van der Waals surface area contributed by atoms with Crippen molar-refractivity contribution in [3.05, 3.63) is 72.6 Å². The van der Waals surface area contributed by atoms with E-state index in [4.69, 9.17) is 0 Å². The van der Waals surface area contributed by atoms with Gasteiger partial charge in [0.1, 0.15) is 22.9 Å². The van der Waals surface area contributed by atoms with Crippen LogP contribution >= 0.6 is 12.4 Å². The Morgan fingerprint density at radius 1 is 0.739 bits per heavy atom. The topological polar surface area (TPSA) is 66.2 Å². The summed E-state index contributed by atoms with van der Waals surface area (Å²) in [5.41, 5.74) is 1.35. The quantitative estimate of drug-likeness (QED) is 0.588. The third kappa shape index (κ3) is 6.35. The Morgan fingerprint density at radius 3 is 1.78 bits per heavy atom. The normalized spacial score (nSPS) is 8.74. The van der Waals surface area contributed by atoms with Gasteiger partial charge in [-0.15, -0.1) is 12.4 Å². The van der Waals surface area contributed by atoms with Crippen molar-refractivity contribution in [3.63, 3.8) is 0 Å². The van der Waals surface area contributed by atoms with Crippen molar-refractivity contribution in [1.82, 2.24) is 9.97 Å². The monoisotopic (exact) mass is 418 g/mol. The fraction of sp³-hybridized carbons (Fsp3) is 0.0588. The Balaban J connectivity index is 0.000000518. The second-order valence-electron chi connectivity index (χ2n) is 4.35. The number of rotatable bonds is 1. The minimum atomic E-state index is 0. The second-order valence-corrected chi connectivity index (χ2v) is 4.35. The minimum absolute atomic E-state index is 0. The van der Waals surface area contributed by atoms with E-state index < -0.39 is 0 Å². The fourth-order valence-corrected chi connectivity index (χ4v) is 1.69. The van der Waals surface area contributed by atoms with Gasteiger partial charge in [-0.05, 0) is 31.2 Å². The zero-order chi connectivity index (χ0) is 15.1. The number of hydrogen-bond donors (Lipinski definition) is 2. The maximum absolute atomic E-state index is 9.60. The molecule has 0 aliphatic rings. The van der Waals surface area contributed by atoms with E-state index in [2.05, 4.69) is 9.97 Å². The van der Waals surface area contributed by atoms with Crippen LogP contribution in [0, 0.1) is 6.92 Å². The molecule has 0 unspecified atom stereocenters. The van der Waals surface area contributed by atoms with Crippen LogP contribution in [0.3, 0.4) is 0 Å². The van der Waals surface area contributed by atoms with Crippen LogP contribution in [0.1, 0.15) is 5.69 Å². The number of nitrogens with zero attached hydrogens (tertiary/aromatic N) is 2. The summed E-state index contributed by atoms with van der Waals surface area (Å²) in [7, 11) is 0. The third-order valence-electron chi connectivity index (χ3n) is 2.69. The van der Waals surface area contributed by atoms with Crippen molar-refractivity contribution in [2.24, 2.45) is 0 Å². The molecular formula is C17H17ClN2O2Ru+3. The summed E-state index contributed by atoms with van der Waals surface area (Å²) in [5, 5.41) is 19.2. The fourth-order valence-electron chi connectivity index (χ4n) is 1.69. The van der Waals surface area contributed by atoms with Gasteiger partial charge in [0.2, 0.25) is 0 Å². The minimum Gasteiger partial charge on any atom is -0.506 e. The standard InChI is InChI=1S/C11H10N2O2.C6H6.ClH.Ru/c1-7-4-5-9(15)11(13-7)10-8(14)3-2-6-12-10;1-2-4-6-5-3-1;;/h2-6,14-15H,1H3;1-6H;1H;/q;;;+3. The number of hydrogen-bond acceptors (Lipinski definition) is 4. The van der Waals surface area contributed by atoms with Gasteiger partial charge in [0.05, 0.1) is 0 Å². The summed E-state index contributed by atoms with van der Waals surface area (Å²) in [6.07, 6.45) is 1.54. The van der Waals surface area contributed by atoms with Crippen LogP contribution in [0.5, 0.6) is 11.5 Å². The first-order valence-corrected chi connectivity index (χ1v) is 6.49. The number of halogens is 1. The predicted octanol–water partition coefficient (Wildman–Crippen LogP) is 3.97. The maximum Gasteiger partial charge on any atom is 3.00 e. The zero-order valence-corrected chi connectivity index (χ0v) is 15.0. The van der Waals surface area contributed by atoms with E-state index in [-0.39, 0.29) is 43.4 Å². The average molecular weight is 418 g/mol. The van der Waals surface area contributed by atoms with Crippen LogP contribution < -0.4 is 0 Å². The molecule has 23 heavy (non-hydrogen) atoms. The molecule has 2 N–H and O–H groups in total. The van der Waals surface area contributed by atoms with Gasteiger partial charge in [-0.2, -0.15) is 0 Å². The number of pyridine rings is 2. The van der Waals surface area contributed by atoms with Gasteiger partial charge < -0.3 is 10.2 Å². The summed E-state index contributed by atoms with van der Waals surface area (Å²) < 4.78 is 0. The van der Waals surface area contributed by atoms with Gasteiger partial charge in [0, 0.05) is 11.9 Å². The Labute approximate surface area is 154 Å². The first kappa shape index (κ1) is 21.0. The van der Waals surface area contributed by atoms with Crippen molar-refractivity contribution in [2.45, 2.75) is 6.92 Å². The molecule has 0 saturated carbocycles. The van der Waals surface area contributed by atoms with E-state index in [1.165, 1.54) is 12.1 Å². The van der Waals surface area contributed by atoms with Gasteiger partial charge in [0.25, 0.3) is 0 Å². The van der Waals surface area contributed by atoms with E-state index in [1.807, 2.05) is 43.3 Å². The number of benzene rings is 1. The average Bonchev–Trinajstić information content (AvgIpc) is 2.53. The largest absolute Gasteiger partial charge is 3.00 e. The predicted molar refractivity (Wildman–Crippen MR) is 89.2 cm³/mol. The molecule has 0 amide bonds. The first-order chi connectivity index (χ1) is 10.2. The SMILES string of the molecule is Cc1ccc(O)c(-c2ncccc2O)n1.Cl.[Ru+3].c1ccccc1. The molecular weight excluding hydrogens is 401 g/mol. The summed E-state index contributed by atoms with van der Waals surface area (Å²) in [5.74, 6) is 0.0144. The van der Waals surface area contributed by atoms with Crippen LogP contribution in [0.2, 0.25) is 0 Å². The molecule has 2 heterocycles. The molecule has 0 saturated heterocycles. The van der Waals surface area contributed by atoms with E-state index >= 15 is 0 Å². The van der Waals surface area contributed by atoms with E-state index in [0.29, 0.717) is 11.4 Å². The third-order valence-corrected chi connectivity index (χ3v) is 2.69. The molecule has 3 rings (SSSR count). The van der Waals surface area contributed by atoms with Crippen LogP contribution in [0.15, 0.2) is 66.9 Å². The molecule has 6 heteroatoms. The van der Waals surface area contributed by atoms with Crippen molar-refractivity contribution < 1.29 is 29.7 Å². The van der Waals surface area contributed by atoms with Crippen molar-refractivity contribution in [1.29, 1.82) is 0 Å². The van der Waals surface area contributed by atoms with Crippen LogP contribution in [-0.2, 0) is 19.5 Å².